The molecular formula is C20H33ClN6O3. The van der Waals surface area contributed by atoms with E-state index in [-0.39, 0.29) is 5.91 Å². The molecule has 168 valence electrons. The number of hydrazine groups is 1. The molecule has 1 aliphatic rings. The van der Waals surface area contributed by atoms with Crippen LogP contribution in [0, 0.1) is 12.8 Å². The number of piperidine rings is 1. The molecular weight excluding hydrogens is 408 g/mol. The molecule has 10 heteroatoms. The topological polar surface area (TPSA) is 122 Å². The maximum atomic E-state index is 12.6. The highest BCUT2D eigenvalue weighted by Crippen LogP contribution is 2.26. The van der Waals surface area contributed by atoms with Gasteiger partial charge in [0.25, 0.3) is 0 Å². The number of nitrogen functional groups attached to an aromatic ring is 1. The van der Waals surface area contributed by atoms with Crippen LogP contribution in [0.1, 0.15) is 58.3 Å². The predicted octanol–water partition coefficient (Wildman–Crippen LogP) is 2.61. The Bertz CT molecular complexity index is 736. The minimum Gasteiger partial charge on any atom is -0.443 e. The van der Waals surface area contributed by atoms with Crippen molar-refractivity contribution in [3.8, 4) is 0 Å². The fourth-order valence-electron chi connectivity index (χ4n) is 3.41. The molecule has 2 rings (SSSR count). The number of halogens is 1. The van der Waals surface area contributed by atoms with E-state index in [1.807, 2.05) is 4.90 Å². The third-order valence-corrected chi connectivity index (χ3v) is 5.30. The molecule has 1 aliphatic heterocycles. The monoisotopic (exact) mass is 440 g/mol. The van der Waals surface area contributed by atoms with Gasteiger partial charge in [-0.2, -0.15) is 0 Å². The zero-order valence-corrected chi connectivity index (χ0v) is 19.2. The molecule has 1 fully saturated rings. The summed E-state index contributed by atoms with van der Waals surface area (Å²) in [6.07, 6.45) is 2.84. The van der Waals surface area contributed by atoms with E-state index in [0.29, 0.717) is 35.8 Å². The van der Waals surface area contributed by atoms with Crippen LogP contribution in [0.15, 0.2) is 0 Å². The van der Waals surface area contributed by atoms with Gasteiger partial charge in [0.2, 0.25) is 5.91 Å². The van der Waals surface area contributed by atoms with Crippen LogP contribution < -0.4 is 16.6 Å². The van der Waals surface area contributed by atoms with Gasteiger partial charge in [-0.15, -0.1) is 0 Å². The van der Waals surface area contributed by atoms with Crippen molar-refractivity contribution < 1.29 is 14.3 Å². The molecule has 0 unspecified atom stereocenters. The number of hydrogen-bond donors (Lipinski definition) is 3. The number of carbonyl (C=O) groups is 2. The van der Waals surface area contributed by atoms with Gasteiger partial charge in [-0.05, 0) is 66.2 Å². The lowest BCUT2D eigenvalue weighted by atomic mass is 9.90. The average molecular weight is 441 g/mol. The zero-order chi connectivity index (χ0) is 22.5. The van der Waals surface area contributed by atoms with Crippen molar-refractivity contribution >= 4 is 29.4 Å². The SMILES string of the molecule is Cc1nc(N)c(CCC2CCN(C(=O)[C@H](C)NNC(=O)OC(C)(C)C)CC2)c(Cl)n1. The van der Waals surface area contributed by atoms with Crippen molar-refractivity contribution in [3.05, 3.63) is 16.5 Å². The third kappa shape index (κ3) is 7.28. The van der Waals surface area contributed by atoms with Crippen molar-refractivity contribution in [2.24, 2.45) is 5.92 Å². The van der Waals surface area contributed by atoms with Gasteiger partial charge in [-0.25, -0.2) is 20.2 Å². The van der Waals surface area contributed by atoms with Gasteiger partial charge in [0.05, 0.1) is 0 Å². The Labute approximate surface area is 183 Å². The highest BCUT2D eigenvalue weighted by Gasteiger charge is 2.27. The molecule has 0 aromatic carbocycles. The first-order valence-corrected chi connectivity index (χ1v) is 10.7. The normalized spacial score (nSPS) is 16.3. The maximum absolute atomic E-state index is 12.6. The molecule has 0 saturated carbocycles. The first kappa shape index (κ1) is 24.1. The summed E-state index contributed by atoms with van der Waals surface area (Å²) < 4.78 is 5.15. The minimum atomic E-state index is -0.612. The summed E-state index contributed by atoms with van der Waals surface area (Å²) in [5.41, 5.74) is 11.3. The first-order valence-electron chi connectivity index (χ1n) is 10.3. The second kappa shape index (κ2) is 10.3. The largest absolute Gasteiger partial charge is 0.443 e. The summed E-state index contributed by atoms with van der Waals surface area (Å²) in [6, 6.07) is -0.544. The van der Waals surface area contributed by atoms with Crippen LogP contribution in [0.4, 0.5) is 10.6 Å². The number of nitrogens with zero attached hydrogens (tertiary/aromatic N) is 3. The highest BCUT2D eigenvalue weighted by molar-refractivity contribution is 6.30. The fourth-order valence-corrected chi connectivity index (χ4v) is 3.72. The van der Waals surface area contributed by atoms with E-state index in [0.717, 1.165) is 31.2 Å². The Balaban J connectivity index is 1.75. The van der Waals surface area contributed by atoms with Crippen LogP contribution in [-0.4, -0.2) is 51.6 Å². The van der Waals surface area contributed by atoms with Crippen LogP contribution in [0.3, 0.4) is 0 Å². The van der Waals surface area contributed by atoms with Crippen LogP contribution in [0.25, 0.3) is 0 Å². The molecule has 0 aliphatic carbocycles. The number of amides is 2. The highest BCUT2D eigenvalue weighted by atomic mass is 35.5. The van der Waals surface area contributed by atoms with Crippen LogP contribution in [0.5, 0.6) is 0 Å². The summed E-state index contributed by atoms with van der Waals surface area (Å²) in [6.45, 7) is 10.2. The lowest BCUT2D eigenvalue weighted by Gasteiger charge is -2.34. The fraction of sp³-hybridized carbons (Fsp3) is 0.700. The molecule has 0 bridgehead atoms. The average Bonchev–Trinajstić information content (AvgIpc) is 2.63. The number of anilines is 1. The first-order chi connectivity index (χ1) is 14.0. The number of nitrogens with two attached hydrogens (primary N) is 1. The second-order valence-corrected chi connectivity index (χ2v) is 9.08. The van der Waals surface area contributed by atoms with Gasteiger partial charge < -0.3 is 15.4 Å². The van der Waals surface area contributed by atoms with E-state index in [9.17, 15) is 9.59 Å². The summed E-state index contributed by atoms with van der Waals surface area (Å²) in [4.78, 5) is 34.5. The number of hydrogen-bond acceptors (Lipinski definition) is 7. The van der Waals surface area contributed by atoms with E-state index < -0.39 is 17.7 Å². The molecule has 2 heterocycles. The van der Waals surface area contributed by atoms with Gasteiger partial charge in [0.15, 0.2) is 0 Å². The maximum Gasteiger partial charge on any atom is 0.422 e. The van der Waals surface area contributed by atoms with Crippen LogP contribution in [0.2, 0.25) is 5.15 Å². The number of rotatable bonds is 6. The molecule has 1 atom stereocenters. The molecule has 9 nitrogen and oxygen atoms in total. The smallest absolute Gasteiger partial charge is 0.422 e. The predicted molar refractivity (Wildman–Crippen MR) is 116 cm³/mol. The third-order valence-electron chi connectivity index (χ3n) is 4.99. The van der Waals surface area contributed by atoms with Gasteiger partial charge in [0.1, 0.15) is 28.4 Å². The number of ether oxygens (including phenoxy) is 1. The Morgan fingerprint density at radius 3 is 2.50 bits per heavy atom. The summed E-state index contributed by atoms with van der Waals surface area (Å²) in [5.74, 6) is 1.44. The Morgan fingerprint density at radius 2 is 1.93 bits per heavy atom. The van der Waals surface area contributed by atoms with Crippen molar-refractivity contribution in [3.63, 3.8) is 0 Å². The molecule has 4 N–H and O–H groups in total. The molecule has 0 radical (unpaired) electrons. The van der Waals surface area contributed by atoms with Gasteiger partial charge in [-0.1, -0.05) is 11.6 Å². The minimum absolute atomic E-state index is 0.0521. The number of aryl methyl sites for hydroxylation is 1. The summed E-state index contributed by atoms with van der Waals surface area (Å²) in [7, 11) is 0. The van der Waals surface area contributed by atoms with Crippen LogP contribution in [-0.2, 0) is 16.0 Å². The number of likely N-dealkylation sites (tertiary alicyclic amines) is 1. The number of aromatic nitrogens is 2. The zero-order valence-electron chi connectivity index (χ0n) is 18.4. The van der Waals surface area contributed by atoms with Crippen molar-refractivity contribution in [1.29, 1.82) is 0 Å². The quantitative estimate of drug-likeness (QED) is 0.459. The Kier molecular flexibility index (Phi) is 8.25. The van der Waals surface area contributed by atoms with Gasteiger partial charge in [-0.3, -0.25) is 10.2 Å². The van der Waals surface area contributed by atoms with Crippen molar-refractivity contribution in [2.75, 3.05) is 18.8 Å². The van der Waals surface area contributed by atoms with E-state index in [1.165, 1.54) is 0 Å². The molecule has 0 spiro atoms. The van der Waals surface area contributed by atoms with Gasteiger partial charge in [0, 0.05) is 18.7 Å². The van der Waals surface area contributed by atoms with E-state index >= 15 is 0 Å². The Morgan fingerprint density at radius 1 is 1.30 bits per heavy atom. The summed E-state index contributed by atoms with van der Waals surface area (Å²) >= 11 is 6.21. The van der Waals surface area contributed by atoms with E-state index in [1.54, 1.807) is 34.6 Å². The van der Waals surface area contributed by atoms with E-state index in [2.05, 4.69) is 20.8 Å². The van der Waals surface area contributed by atoms with Crippen molar-refractivity contribution in [1.82, 2.24) is 25.7 Å². The van der Waals surface area contributed by atoms with Crippen molar-refractivity contribution in [2.45, 2.75) is 71.9 Å². The number of nitrogens with one attached hydrogen (secondary N) is 2. The molecule has 1 saturated heterocycles. The Hall–Kier alpha value is -2.13. The molecule has 1 aromatic rings. The molecule has 1 aromatic heterocycles. The van der Waals surface area contributed by atoms with Gasteiger partial charge >= 0.3 is 6.09 Å². The van der Waals surface area contributed by atoms with Crippen LogP contribution >= 0.6 is 11.6 Å². The van der Waals surface area contributed by atoms with E-state index in [4.69, 9.17) is 22.1 Å². The lowest BCUT2D eigenvalue weighted by Crippen LogP contribution is -2.53. The second-order valence-electron chi connectivity index (χ2n) is 8.73. The molecule has 2 amide bonds. The summed E-state index contributed by atoms with van der Waals surface area (Å²) in [5, 5.41) is 0.421. The standard InChI is InChI=1S/C20H33ClN6O3/c1-12(25-26-19(29)30-20(3,4)5)18(28)27-10-8-14(9-11-27)6-7-15-16(21)23-13(2)24-17(15)22/h12,14,25H,6-11H2,1-5H3,(H,26,29)(H2,22,23,24)/t12-/m0/s1. The number of carbonyl (C=O) groups excluding carboxylic acids is 2. The molecule has 30 heavy (non-hydrogen) atoms. The lowest BCUT2D eigenvalue weighted by molar-refractivity contribution is -0.134.